The third-order valence-electron chi connectivity index (χ3n) is 5.50. The lowest BCUT2D eigenvalue weighted by Gasteiger charge is -2.25. The molecule has 0 radical (unpaired) electrons. The van der Waals surface area contributed by atoms with Crippen LogP contribution >= 0.6 is 0 Å². The van der Waals surface area contributed by atoms with Gasteiger partial charge in [0.05, 0.1) is 19.8 Å². The summed E-state index contributed by atoms with van der Waals surface area (Å²) in [5.41, 5.74) is 3.38. The number of nitrogens with zero attached hydrogens (tertiary/aromatic N) is 1. The third-order valence-corrected chi connectivity index (χ3v) is 5.50. The number of halogens is 2. The fourth-order valence-corrected chi connectivity index (χ4v) is 3.97. The molecule has 0 saturated heterocycles. The zero-order valence-corrected chi connectivity index (χ0v) is 14.8. The Morgan fingerprint density at radius 1 is 1.07 bits per heavy atom. The first-order valence-electron chi connectivity index (χ1n) is 9.31. The Morgan fingerprint density at radius 2 is 1.89 bits per heavy atom. The second-order valence-electron chi connectivity index (χ2n) is 7.31. The van der Waals surface area contributed by atoms with E-state index in [-0.39, 0.29) is 17.5 Å². The van der Waals surface area contributed by atoms with Gasteiger partial charge in [0.25, 0.3) is 5.91 Å². The van der Waals surface area contributed by atoms with Gasteiger partial charge in [-0.2, -0.15) is 0 Å². The molecule has 2 aromatic carbocycles. The number of carbonyl (C=O) groups excluding carboxylic acids is 1. The summed E-state index contributed by atoms with van der Waals surface area (Å²) >= 11 is 0. The Hall–Kier alpha value is -2.63. The van der Waals surface area contributed by atoms with Crippen molar-refractivity contribution in [3.8, 4) is 11.5 Å². The first-order chi connectivity index (χ1) is 13.1. The van der Waals surface area contributed by atoms with Crippen LogP contribution in [0.1, 0.15) is 39.9 Å². The smallest absolute Gasteiger partial charge is 0.254 e. The van der Waals surface area contributed by atoms with Crippen molar-refractivity contribution in [2.24, 2.45) is 0 Å². The molecule has 140 valence electrons. The van der Waals surface area contributed by atoms with Crippen LogP contribution in [0.25, 0.3) is 0 Å². The summed E-state index contributed by atoms with van der Waals surface area (Å²) in [6.45, 7) is 1.66. The molecule has 1 aliphatic carbocycles. The van der Waals surface area contributed by atoms with Crippen molar-refractivity contribution in [1.29, 1.82) is 0 Å². The largest absolute Gasteiger partial charge is 0.493 e. The molecule has 3 aliphatic rings. The maximum absolute atomic E-state index is 13.6. The first kappa shape index (κ1) is 16.5. The van der Waals surface area contributed by atoms with E-state index in [1.165, 1.54) is 6.07 Å². The van der Waals surface area contributed by atoms with Crippen LogP contribution in [-0.4, -0.2) is 30.1 Å². The van der Waals surface area contributed by atoms with E-state index in [0.29, 0.717) is 19.8 Å². The summed E-state index contributed by atoms with van der Waals surface area (Å²) in [5.74, 6) is -0.489. The zero-order valence-electron chi connectivity index (χ0n) is 14.8. The van der Waals surface area contributed by atoms with Crippen LogP contribution in [0.2, 0.25) is 0 Å². The number of rotatable bonds is 4. The van der Waals surface area contributed by atoms with Crippen molar-refractivity contribution in [3.05, 3.63) is 58.2 Å². The van der Waals surface area contributed by atoms with Crippen LogP contribution in [0.4, 0.5) is 8.78 Å². The molecule has 27 heavy (non-hydrogen) atoms. The average molecular weight is 371 g/mol. The van der Waals surface area contributed by atoms with Gasteiger partial charge in [-0.25, -0.2) is 8.78 Å². The average Bonchev–Trinajstić information content (AvgIpc) is 3.20. The standard InChI is InChI=1S/C21H19F2NO3/c22-17-4-1-13(9-18(17)23)21(25)24(14-2-3-14)11-16-15-6-8-26-19(15)10-12-5-7-27-20(12)16/h1,4,9-10,14H,2-3,5-8,11H2. The minimum absolute atomic E-state index is 0.126. The van der Waals surface area contributed by atoms with Gasteiger partial charge in [0.15, 0.2) is 11.6 Å². The zero-order chi connectivity index (χ0) is 18.5. The number of ether oxygens (including phenoxy) is 2. The summed E-state index contributed by atoms with van der Waals surface area (Å²) in [5, 5.41) is 0. The highest BCUT2D eigenvalue weighted by atomic mass is 19.2. The van der Waals surface area contributed by atoms with Gasteiger partial charge < -0.3 is 14.4 Å². The molecular weight excluding hydrogens is 352 g/mol. The molecule has 1 saturated carbocycles. The quantitative estimate of drug-likeness (QED) is 0.824. The predicted octanol–water partition coefficient (Wildman–Crippen LogP) is 3.64. The minimum Gasteiger partial charge on any atom is -0.493 e. The Balaban J connectivity index is 1.51. The third kappa shape index (κ3) is 2.83. The van der Waals surface area contributed by atoms with Gasteiger partial charge in [-0.1, -0.05) is 0 Å². The molecule has 0 unspecified atom stereocenters. The van der Waals surface area contributed by atoms with E-state index in [1.807, 2.05) is 6.07 Å². The number of benzene rings is 2. The molecular formula is C21H19F2NO3. The maximum atomic E-state index is 13.6. The molecule has 2 aliphatic heterocycles. The van der Waals surface area contributed by atoms with Gasteiger partial charge in [-0.3, -0.25) is 4.79 Å². The van der Waals surface area contributed by atoms with Crippen LogP contribution in [-0.2, 0) is 19.4 Å². The lowest BCUT2D eigenvalue weighted by molar-refractivity contribution is 0.0727. The lowest BCUT2D eigenvalue weighted by Crippen LogP contribution is -2.33. The van der Waals surface area contributed by atoms with E-state index in [0.717, 1.165) is 66.0 Å². The van der Waals surface area contributed by atoms with Crippen molar-refractivity contribution in [3.63, 3.8) is 0 Å². The second kappa shape index (κ2) is 6.22. The van der Waals surface area contributed by atoms with E-state index in [1.54, 1.807) is 4.90 Å². The SMILES string of the molecule is O=C(c1ccc(F)c(F)c1)N(Cc1c2c(cc3c1OCC3)OCC2)C1CC1. The molecule has 0 atom stereocenters. The Labute approximate surface area is 155 Å². The number of hydrogen-bond donors (Lipinski definition) is 0. The van der Waals surface area contributed by atoms with Crippen LogP contribution in [0.15, 0.2) is 24.3 Å². The van der Waals surface area contributed by atoms with Gasteiger partial charge in [-0.15, -0.1) is 0 Å². The van der Waals surface area contributed by atoms with E-state index in [9.17, 15) is 13.6 Å². The molecule has 1 amide bonds. The summed E-state index contributed by atoms with van der Waals surface area (Å²) in [6, 6.07) is 5.50. The van der Waals surface area contributed by atoms with Crippen LogP contribution in [0.3, 0.4) is 0 Å². The summed E-state index contributed by atoms with van der Waals surface area (Å²) in [4.78, 5) is 14.8. The van der Waals surface area contributed by atoms with Gasteiger partial charge in [0.1, 0.15) is 11.5 Å². The number of hydrogen-bond acceptors (Lipinski definition) is 3. The van der Waals surface area contributed by atoms with Gasteiger partial charge >= 0.3 is 0 Å². The molecule has 1 fully saturated rings. The Kier molecular flexibility index (Phi) is 3.81. The van der Waals surface area contributed by atoms with Crippen molar-refractivity contribution in [1.82, 2.24) is 4.90 Å². The van der Waals surface area contributed by atoms with Gasteiger partial charge in [0.2, 0.25) is 0 Å². The normalized spacial score (nSPS) is 17.1. The lowest BCUT2D eigenvalue weighted by atomic mass is 9.98. The molecule has 0 aromatic heterocycles. The van der Waals surface area contributed by atoms with E-state index in [4.69, 9.17) is 9.47 Å². The highest BCUT2D eigenvalue weighted by Gasteiger charge is 2.36. The van der Waals surface area contributed by atoms with Gasteiger partial charge in [-0.05, 0) is 37.1 Å². The Morgan fingerprint density at radius 3 is 2.67 bits per heavy atom. The molecule has 2 heterocycles. The predicted molar refractivity (Wildman–Crippen MR) is 94.1 cm³/mol. The van der Waals surface area contributed by atoms with Crippen LogP contribution < -0.4 is 9.47 Å². The molecule has 4 nitrogen and oxygen atoms in total. The van der Waals surface area contributed by atoms with Crippen LogP contribution in [0, 0.1) is 11.6 Å². The topological polar surface area (TPSA) is 38.8 Å². The molecule has 0 bridgehead atoms. The van der Waals surface area contributed by atoms with Crippen molar-refractivity contribution in [2.45, 2.75) is 38.3 Å². The monoisotopic (exact) mass is 371 g/mol. The fourth-order valence-electron chi connectivity index (χ4n) is 3.97. The van der Waals surface area contributed by atoms with Crippen molar-refractivity contribution >= 4 is 5.91 Å². The second-order valence-corrected chi connectivity index (χ2v) is 7.31. The molecule has 5 rings (SSSR count). The van der Waals surface area contributed by atoms with Crippen molar-refractivity contribution in [2.75, 3.05) is 13.2 Å². The van der Waals surface area contributed by atoms with Crippen molar-refractivity contribution < 1.29 is 23.0 Å². The molecule has 6 heteroatoms. The maximum Gasteiger partial charge on any atom is 0.254 e. The van der Waals surface area contributed by atoms with E-state index >= 15 is 0 Å². The number of fused-ring (bicyclic) bond motifs is 2. The first-order valence-corrected chi connectivity index (χ1v) is 9.31. The van der Waals surface area contributed by atoms with Gasteiger partial charge in [0, 0.05) is 41.1 Å². The van der Waals surface area contributed by atoms with E-state index in [2.05, 4.69) is 0 Å². The Bertz CT molecular complexity index is 907. The minimum atomic E-state index is -1.00. The highest BCUT2D eigenvalue weighted by molar-refractivity contribution is 5.94. The highest BCUT2D eigenvalue weighted by Crippen LogP contribution is 2.42. The number of amides is 1. The number of carbonyl (C=O) groups is 1. The summed E-state index contributed by atoms with van der Waals surface area (Å²) in [7, 11) is 0. The molecule has 0 N–H and O–H groups in total. The molecule has 0 spiro atoms. The van der Waals surface area contributed by atoms with Crippen LogP contribution in [0.5, 0.6) is 11.5 Å². The summed E-state index contributed by atoms with van der Waals surface area (Å²) < 4.78 is 38.5. The van der Waals surface area contributed by atoms with E-state index < -0.39 is 11.6 Å². The molecule has 2 aromatic rings. The summed E-state index contributed by atoms with van der Waals surface area (Å²) in [6.07, 6.45) is 3.46. The fraction of sp³-hybridized carbons (Fsp3) is 0.381.